The summed E-state index contributed by atoms with van der Waals surface area (Å²) in [6, 6.07) is 22.0. The lowest BCUT2D eigenvalue weighted by Crippen LogP contribution is -2.34. The van der Waals surface area contributed by atoms with Gasteiger partial charge in [0.15, 0.2) is 5.52 Å². The molecule has 0 amide bonds. The topological polar surface area (TPSA) is 21.9 Å². The van der Waals surface area contributed by atoms with Gasteiger partial charge in [0.05, 0.1) is 18.6 Å². The minimum atomic E-state index is 0.0531. The van der Waals surface area contributed by atoms with Crippen LogP contribution in [0, 0.1) is 6.92 Å². The molecule has 0 fully saturated rings. The van der Waals surface area contributed by atoms with E-state index in [1.807, 2.05) is 6.07 Å². The normalized spacial score (nSPS) is 12.7. The first-order valence-corrected chi connectivity index (χ1v) is 12.5. The summed E-state index contributed by atoms with van der Waals surface area (Å²) < 4.78 is 11.1. The van der Waals surface area contributed by atoms with Crippen LogP contribution in [0.1, 0.15) is 57.2 Å². The molecule has 0 aliphatic carbocycles. The monoisotopic (exact) mass is 461 g/mol. The number of hydrogen-bond donors (Lipinski definition) is 0. The third-order valence-electron chi connectivity index (χ3n) is 7.57. The third-order valence-corrected chi connectivity index (χ3v) is 7.57. The van der Waals surface area contributed by atoms with Crippen molar-refractivity contribution in [2.24, 2.45) is 7.05 Å². The van der Waals surface area contributed by atoms with Gasteiger partial charge in [0, 0.05) is 27.8 Å². The van der Waals surface area contributed by atoms with E-state index in [4.69, 9.17) is 4.42 Å². The largest absolute Gasteiger partial charge is 0.456 e. The van der Waals surface area contributed by atoms with Crippen LogP contribution in [0.2, 0.25) is 0 Å². The van der Waals surface area contributed by atoms with E-state index in [1.54, 1.807) is 0 Å². The van der Waals surface area contributed by atoms with Crippen LogP contribution in [-0.2, 0) is 12.5 Å². The third kappa shape index (κ3) is 3.14. The summed E-state index contributed by atoms with van der Waals surface area (Å²) in [5, 5.41) is 4.89. The summed E-state index contributed by atoms with van der Waals surface area (Å²) in [6.07, 6.45) is 2.20. The van der Waals surface area contributed by atoms with Gasteiger partial charge in [0.25, 0.3) is 5.82 Å². The Morgan fingerprint density at radius 2 is 1.54 bits per heavy atom. The van der Waals surface area contributed by atoms with Gasteiger partial charge in [-0.1, -0.05) is 58.9 Å². The second-order valence-corrected chi connectivity index (χ2v) is 11.2. The van der Waals surface area contributed by atoms with E-state index in [0.29, 0.717) is 5.92 Å². The molecule has 3 aromatic heterocycles. The standard InChI is InChI=1S/C32H33N2O/c1-19(2)22-12-13-23-24-14-15-27-29(25-10-8-9-11-26(25)35-27)31(24)34(30(23)20(22)3)28-18-21(32(4,5)6)16-17-33(28)7/h8-19H,1-7H3/q+1. The predicted octanol–water partition coefficient (Wildman–Crippen LogP) is 8.24. The molecule has 0 spiro atoms. The highest BCUT2D eigenvalue weighted by Crippen LogP contribution is 2.42. The number of aromatic nitrogens is 2. The first-order valence-electron chi connectivity index (χ1n) is 12.5. The van der Waals surface area contributed by atoms with Crippen molar-refractivity contribution in [1.29, 1.82) is 0 Å². The summed E-state index contributed by atoms with van der Waals surface area (Å²) in [5.74, 6) is 1.62. The number of nitrogens with zero attached hydrogens (tertiary/aromatic N) is 2. The van der Waals surface area contributed by atoms with E-state index >= 15 is 0 Å². The van der Waals surface area contributed by atoms with Crippen molar-refractivity contribution in [2.75, 3.05) is 0 Å². The van der Waals surface area contributed by atoms with Crippen LogP contribution in [0.15, 0.2) is 71.3 Å². The molecule has 0 bridgehead atoms. The van der Waals surface area contributed by atoms with E-state index in [2.05, 4.69) is 119 Å². The Kier molecular flexibility index (Phi) is 4.67. The van der Waals surface area contributed by atoms with Gasteiger partial charge in [0.1, 0.15) is 16.7 Å². The van der Waals surface area contributed by atoms with Crippen LogP contribution in [0.3, 0.4) is 0 Å². The van der Waals surface area contributed by atoms with E-state index in [9.17, 15) is 0 Å². The average Bonchev–Trinajstić information content (AvgIpc) is 3.34. The van der Waals surface area contributed by atoms with E-state index < -0.39 is 0 Å². The van der Waals surface area contributed by atoms with E-state index in [1.165, 1.54) is 49.7 Å². The highest BCUT2D eigenvalue weighted by atomic mass is 16.3. The zero-order valence-electron chi connectivity index (χ0n) is 21.7. The molecule has 35 heavy (non-hydrogen) atoms. The summed E-state index contributed by atoms with van der Waals surface area (Å²) >= 11 is 0. The molecule has 0 radical (unpaired) electrons. The van der Waals surface area contributed by atoms with Crippen molar-refractivity contribution >= 4 is 43.7 Å². The Hall–Kier alpha value is -3.59. The van der Waals surface area contributed by atoms with Gasteiger partial charge < -0.3 is 4.42 Å². The lowest BCUT2D eigenvalue weighted by molar-refractivity contribution is -0.665. The van der Waals surface area contributed by atoms with Crippen LogP contribution in [0.25, 0.3) is 49.6 Å². The first kappa shape index (κ1) is 21.9. The fraction of sp³-hybridized carbons (Fsp3) is 0.281. The van der Waals surface area contributed by atoms with Gasteiger partial charge in [-0.05, 0) is 59.7 Å². The van der Waals surface area contributed by atoms with Crippen molar-refractivity contribution in [1.82, 2.24) is 4.57 Å². The highest BCUT2D eigenvalue weighted by Gasteiger charge is 2.28. The lowest BCUT2D eigenvalue weighted by Gasteiger charge is -2.19. The number of para-hydroxylation sites is 1. The molecule has 0 unspecified atom stereocenters. The SMILES string of the molecule is Cc1c(C(C)C)ccc2c3ccc4oc5ccccc5c4c3n(-c3cc(C(C)(C)C)cc[n+]3C)c12. The Balaban J connectivity index is 1.90. The summed E-state index contributed by atoms with van der Waals surface area (Å²) in [6.45, 7) is 13.7. The fourth-order valence-electron chi connectivity index (χ4n) is 5.68. The van der Waals surface area contributed by atoms with Crippen LogP contribution in [0.4, 0.5) is 0 Å². The van der Waals surface area contributed by atoms with Crippen molar-refractivity contribution in [2.45, 2.75) is 52.9 Å². The van der Waals surface area contributed by atoms with Crippen LogP contribution in [0.5, 0.6) is 0 Å². The highest BCUT2D eigenvalue weighted by molar-refractivity contribution is 6.24. The number of fused-ring (bicyclic) bond motifs is 7. The van der Waals surface area contributed by atoms with Gasteiger partial charge in [-0.15, -0.1) is 0 Å². The number of furan rings is 1. The molecule has 3 heteroatoms. The Morgan fingerprint density at radius 1 is 0.829 bits per heavy atom. The quantitative estimate of drug-likeness (QED) is 0.238. The van der Waals surface area contributed by atoms with Crippen molar-refractivity contribution in [3.8, 4) is 5.82 Å². The summed E-state index contributed by atoms with van der Waals surface area (Å²) in [5.41, 5.74) is 8.47. The molecule has 3 heterocycles. The number of benzene rings is 3. The van der Waals surface area contributed by atoms with Gasteiger partial charge in [-0.2, -0.15) is 4.57 Å². The molecule has 0 atom stereocenters. The molecule has 0 aliphatic rings. The molecule has 0 aliphatic heterocycles. The summed E-state index contributed by atoms with van der Waals surface area (Å²) in [4.78, 5) is 0. The molecule has 0 N–H and O–H groups in total. The molecule has 3 aromatic carbocycles. The number of aryl methyl sites for hydroxylation is 2. The maximum absolute atomic E-state index is 6.33. The maximum Gasteiger partial charge on any atom is 0.287 e. The van der Waals surface area contributed by atoms with Crippen LogP contribution < -0.4 is 4.57 Å². The zero-order valence-corrected chi connectivity index (χ0v) is 21.7. The number of rotatable bonds is 2. The second kappa shape index (κ2) is 7.45. The van der Waals surface area contributed by atoms with E-state index in [-0.39, 0.29) is 5.41 Å². The Morgan fingerprint density at radius 3 is 2.29 bits per heavy atom. The second-order valence-electron chi connectivity index (χ2n) is 11.2. The molecular weight excluding hydrogens is 428 g/mol. The minimum Gasteiger partial charge on any atom is -0.456 e. The van der Waals surface area contributed by atoms with Crippen LogP contribution in [-0.4, -0.2) is 4.57 Å². The minimum absolute atomic E-state index is 0.0531. The van der Waals surface area contributed by atoms with Crippen molar-refractivity contribution in [3.63, 3.8) is 0 Å². The first-order chi connectivity index (χ1) is 16.7. The molecule has 0 saturated carbocycles. The lowest BCUT2D eigenvalue weighted by atomic mass is 9.87. The van der Waals surface area contributed by atoms with Crippen LogP contribution >= 0.6 is 0 Å². The predicted molar refractivity (Wildman–Crippen MR) is 147 cm³/mol. The van der Waals surface area contributed by atoms with Gasteiger partial charge in [0.2, 0.25) is 0 Å². The Labute approximate surface area is 206 Å². The fourth-order valence-corrected chi connectivity index (χ4v) is 5.68. The molecule has 0 saturated heterocycles. The van der Waals surface area contributed by atoms with Gasteiger partial charge in [-0.3, -0.25) is 0 Å². The number of hydrogen-bond acceptors (Lipinski definition) is 1. The van der Waals surface area contributed by atoms with Crippen molar-refractivity contribution < 1.29 is 8.98 Å². The van der Waals surface area contributed by atoms with Gasteiger partial charge >= 0.3 is 0 Å². The molecule has 6 rings (SSSR count). The zero-order chi connectivity index (χ0) is 24.6. The average molecular weight is 462 g/mol. The number of pyridine rings is 1. The molecule has 176 valence electrons. The molecule has 3 nitrogen and oxygen atoms in total. The molecule has 6 aromatic rings. The smallest absolute Gasteiger partial charge is 0.287 e. The van der Waals surface area contributed by atoms with Gasteiger partial charge in [-0.25, -0.2) is 4.57 Å². The van der Waals surface area contributed by atoms with Crippen molar-refractivity contribution in [3.05, 3.63) is 83.6 Å². The van der Waals surface area contributed by atoms with E-state index in [0.717, 1.165) is 16.6 Å². The maximum atomic E-state index is 6.33. The molecular formula is C32H33N2O+. The Bertz CT molecular complexity index is 1770. The summed E-state index contributed by atoms with van der Waals surface area (Å²) in [7, 11) is 2.15.